The van der Waals surface area contributed by atoms with Crippen molar-refractivity contribution in [1.29, 1.82) is 5.26 Å². The van der Waals surface area contributed by atoms with Crippen molar-refractivity contribution >= 4 is 29.9 Å². The van der Waals surface area contributed by atoms with Crippen LogP contribution in [-0.4, -0.2) is 19.6 Å². The number of unbranched alkanes of at least 4 members (excludes halogenated alkanes) is 1. The summed E-state index contributed by atoms with van der Waals surface area (Å²) in [5.41, 5.74) is 0.907. The third-order valence-electron chi connectivity index (χ3n) is 2.67. The highest BCUT2D eigenvalue weighted by molar-refractivity contribution is 14.0. The summed E-state index contributed by atoms with van der Waals surface area (Å²) in [7, 11) is 1.67. The number of guanidine groups is 1. The summed E-state index contributed by atoms with van der Waals surface area (Å²) in [5.74, 6) is 0.311. The van der Waals surface area contributed by atoms with Gasteiger partial charge in [0.25, 0.3) is 0 Å². The first-order valence-electron chi connectivity index (χ1n) is 6.34. The molecule has 0 saturated heterocycles. The smallest absolute Gasteiger partial charge is 0.191 e. The van der Waals surface area contributed by atoms with Crippen molar-refractivity contribution in [2.75, 3.05) is 13.6 Å². The van der Waals surface area contributed by atoms with Crippen LogP contribution in [0.25, 0.3) is 0 Å². The zero-order valence-corrected chi connectivity index (χ0v) is 14.1. The summed E-state index contributed by atoms with van der Waals surface area (Å²) in [6.45, 7) is 3.24. The molecule has 110 valence electrons. The molecule has 1 aromatic rings. The van der Waals surface area contributed by atoms with Crippen LogP contribution in [0.1, 0.15) is 30.9 Å². The SMILES string of the molecule is CCCCNC(=NC)NCc1cc(C#N)ccc1F.I. The molecule has 0 fully saturated rings. The third-order valence-corrected chi connectivity index (χ3v) is 2.67. The van der Waals surface area contributed by atoms with E-state index in [4.69, 9.17) is 5.26 Å². The molecule has 0 saturated carbocycles. The number of nitrogens with zero attached hydrogens (tertiary/aromatic N) is 2. The summed E-state index contributed by atoms with van der Waals surface area (Å²) >= 11 is 0. The van der Waals surface area contributed by atoms with Crippen molar-refractivity contribution in [3.8, 4) is 6.07 Å². The topological polar surface area (TPSA) is 60.2 Å². The standard InChI is InChI=1S/C14H19FN4.HI/c1-3-4-7-18-14(17-2)19-10-12-8-11(9-16)5-6-13(12)15;/h5-6,8H,3-4,7,10H2,1-2H3,(H2,17,18,19);1H. The van der Waals surface area contributed by atoms with E-state index in [1.54, 1.807) is 13.1 Å². The molecular formula is C14H20FIN4. The van der Waals surface area contributed by atoms with Gasteiger partial charge in [-0.25, -0.2) is 4.39 Å². The highest BCUT2D eigenvalue weighted by atomic mass is 127. The second-order valence-electron chi connectivity index (χ2n) is 4.12. The molecule has 0 unspecified atom stereocenters. The molecule has 1 rings (SSSR count). The lowest BCUT2D eigenvalue weighted by molar-refractivity contribution is 0.604. The number of benzene rings is 1. The molecule has 0 heterocycles. The second kappa shape index (κ2) is 10.4. The number of halogens is 2. The second-order valence-corrected chi connectivity index (χ2v) is 4.12. The van der Waals surface area contributed by atoms with E-state index in [0.717, 1.165) is 19.4 Å². The van der Waals surface area contributed by atoms with Gasteiger partial charge in [0.1, 0.15) is 5.82 Å². The van der Waals surface area contributed by atoms with E-state index in [1.807, 2.05) is 6.07 Å². The quantitative estimate of drug-likeness (QED) is 0.352. The van der Waals surface area contributed by atoms with Crippen LogP contribution >= 0.6 is 24.0 Å². The van der Waals surface area contributed by atoms with E-state index in [2.05, 4.69) is 22.5 Å². The maximum atomic E-state index is 13.6. The zero-order valence-electron chi connectivity index (χ0n) is 11.7. The Morgan fingerprint density at radius 2 is 2.15 bits per heavy atom. The molecule has 0 amide bonds. The van der Waals surface area contributed by atoms with Crippen molar-refractivity contribution in [2.45, 2.75) is 26.3 Å². The molecule has 4 nitrogen and oxygen atoms in total. The van der Waals surface area contributed by atoms with E-state index in [1.165, 1.54) is 12.1 Å². The van der Waals surface area contributed by atoms with Gasteiger partial charge in [0, 0.05) is 25.7 Å². The van der Waals surface area contributed by atoms with Gasteiger partial charge in [-0.3, -0.25) is 4.99 Å². The van der Waals surface area contributed by atoms with Gasteiger partial charge in [-0.15, -0.1) is 24.0 Å². The first-order chi connectivity index (χ1) is 9.21. The number of aliphatic imine (C=N–C) groups is 1. The van der Waals surface area contributed by atoms with Crippen LogP contribution < -0.4 is 10.6 Å². The maximum absolute atomic E-state index is 13.6. The number of nitrogens with one attached hydrogen (secondary N) is 2. The Morgan fingerprint density at radius 3 is 2.75 bits per heavy atom. The fourth-order valence-corrected chi connectivity index (χ4v) is 1.56. The van der Waals surface area contributed by atoms with Crippen molar-refractivity contribution < 1.29 is 4.39 Å². The summed E-state index contributed by atoms with van der Waals surface area (Å²) < 4.78 is 13.6. The Kier molecular flexibility index (Phi) is 9.72. The number of hydrogen-bond acceptors (Lipinski definition) is 2. The molecule has 0 aliphatic carbocycles. The Bertz CT molecular complexity index is 483. The first kappa shape index (κ1) is 18.6. The van der Waals surface area contributed by atoms with Gasteiger partial charge < -0.3 is 10.6 Å². The number of hydrogen-bond donors (Lipinski definition) is 2. The van der Waals surface area contributed by atoms with E-state index < -0.39 is 0 Å². The zero-order chi connectivity index (χ0) is 14.1. The molecule has 0 spiro atoms. The van der Waals surface area contributed by atoms with E-state index in [0.29, 0.717) is 23.6 Å². The van der Waals surface area contributed by atoms with E-state index in [9.17, 15) is 4.39 Å². The average molecular weight is 390 g/mol. The predicted octanol–water partition coefficient (Wildman–Crippen LogP) is 2.78. The Labute approximate surface area is 136 Å². The van der Waals surface area contributed by atoms with Crippen molar-refractivity contribution in [1.82, 2.24) is 10.6 Å². The molecule has 20 heavy (non-hydrogen) atoms. The Morgan fingerprint density at radius 1 is 1.40 bits per heavy atom. The molecule has 0 radical (unpaired) electrons. The number of nitriles is 1. The Hall–Kier alpha value is -1.36. The minimum absolute atomic E-state index is 0. The van der Waals surface area contributed by atoms with E-state index >= 15 is 0 Å². The lowest BCUT2D eigenvalue weighted by Crippen LogP contribution is -2.37. The normalized spacial score (nSPS) is 10.4. The van der Waals surface area contributed by atoms with Gasteiger partial charge in [0.15, 0.2) is 5.96 Å². The van der Waals surface area contributed by atoms with Gasteiger partial charge in [0.2, 0.25) is 0 Å². The molecule has 0 aliphatic rings. The van der Waals surface area contributed by atoms with Crippen molar-refractivity contribution in [2.24, 2.45) is 4.99 Å². The molecule has 0 bridgehead atoms. The molecular weight excluding hydrogens is 370 g/mol. The monoisotopic (exact) mass is 390 g/mol. The molecule has 0 atom stereocenters. The van der Waals surface area contributed by atoms with Crippen LogP contribution in [0.2, 0.25) is 0 Å². The van der Waals surface area contributed by atoms with Crippen LogP contribution in [0.15, 0.2) is 23.2 Å². The fraction of sp³-hybridized carbons (Fsp3) is 0.429. The van der Waals surface area contributed by atoms with Gasteiger partial charge >= 0.3 is 0 Å². The molecule has 0 aromatic heterocycles. The molecule has 0 aliphatic heterocycles. The summed E-state index contributed by atoms with van der Waals surface area (Å²) in [6, 6.07) is 6.31. The van der Waals surface area contributed by atoms with Crippen LogP contribution in [0.5, 0.6) is 0 Å². The van der Waals surface area contributed by atoms with Gasteiger partial charge in [-0.1, -0.05) is 13.3 Å². The predicted molar refractivity (Wildman–Crippen MR) is 89.6 cm³/mol. The van der Waals surface area contributed by atoms with Crippen LogP contribution in [0.3, 0.4) is 0 Å². The van der Waals surface area contributed by atoms with Gasteiger partial charge in [-0.2, -0.15) is 5.26 Å². The lowest BCUT2D eigenvalue weighted by atomic mass is 10.1. The minimum atomic E-state index is -0.324. The molecule has 2 N–H and O–H groups in total. The molecule has 6 heteroatoms. The first-order valence-corrected chi connectivity index (χ1v) is 6.34. The minimum Gasteiger partial charge on any atom is -0.356 e. The largest absolute Gasteiger partial charge is 0.356 e. The van der Waals surface area contributed by atoms with Crippen LogP contribution in [0, 0.1) is 17.1 Å². The summed E-state index contributed by atoms with van der Waals surface area (Å²) in [4.78, 5) is 4.05. The summed E-state index contributed by atoms with van der Waals surface area (Å²) in [6.07, 6.45) is 2.15. The highest BCUT2D eigenvalue weighted by Crippen LogP contribution is 2.09. The maximum Gasteiger partial charge on any atom is 0.191 e. The third kappa shape index (κ3) is 6.19. The summed E-state index contributed by atoms with van der Waals surface area (Å²) in [5, 5.41) is 15.0. The Balaban J connectivity index is 0.00000361. The van der Waals surface area contributed by atoms with E-state index in [-0.39, 0.29) is 29.8 Å². The van der Waals surface area contributed by atoms with Gasteiger partial charge in [0.05, 0.1) is 11.6 Å². The lowest BCUT2D eigenvalue weighted by Gasteiger charge is -2.12. The number of rotatable bonds is 5. The molecule has 1 aromatic carbocycles. The highest BCUT2D eigenvalue weighted by Gasteiger charge is 2.04. The van der Waals surface area contributed by atoms with Gasteiger partial charge in [-0.05, 0) is 24.6 Å². The van der Waals surface area contributed by atoms with Crippen LogP contribution in [-0.2, 0) is 6.54 Å². The average Bonchev–Trinajstić information content (AvgIpc) is 2.44. The van der Waals surface area contributed by atoms with Crippen molar-refractivity contribution in [3.05, 3.63) is 35.1 Å². The van der Waals surface area contributed by atoms with Crippen LogP contribution in [0.4, 0.5) is 4.39 Å². The van der Waals surface area contributed by atoms with Crippen molar-refractivity contribution in [3.63, 3.8) is 0 Å². The fourth-order valence-electron chi connectivity index (χ4n) is 1.56.